The summed E-state index contributed by atoms with van der Waals surface area (Å²) >= 11 is 0. The van der Waals surface area contributed by atoms with Gasteiger partial charge in [-0.2, -0.15) is 18.4 Å². The van der Waals surface area contributed by atoms with Crippen molar-refractivity contribution in [2.24, 2.45) is 16.6 Å². The van der Waals surface area contributed by atoms with Crippen LogP contribution in [0.1, 0.15) is 35.6 Å². The molecule has 0 radical (unpaired) electrons. The first-order valence-electron chi connectivity index (χ1n) is 12.3. The molecule has 40 heavy (non-hydrogen) atoms. The molecule has 0 bridgehead atoms. The van der Waals surface area contributed by atoms with E-state index in [1.165, 1.54) is 36.4 Å². The second-order valence-electron chi connectivity index (χ2n) is 9.29. The van der Waals surface area contributed by atoms with E-state index in [2.05, 4.69) is 15.6 Å². The van der Waals surface area contributed by atoms with Crippen molar-refractivity contribution >= 4 is 23.0 Å². The molecular formula is C29H24F5N5O. The van der Waals surface area contributed by atoms with Crippen LogP contribution >= 0.6 is 0 Å². The summed E-state index contributed by atoms with van der Waals surface area (Å²) in [7, 11) is 0. The highest BCUT2D eigenvalue weighted by Crippen LogP contribution is 2.32. The van der Waals surface area contributed by atoms with Crippen molar-refractivity contribution in [3.63, 3.8) is 0 Å². The van der Waals surface area contributed by atoms with Gasteiger partial charge in [0.15, 0.2) is 0 Å². The number of aliphatic imine (C=N–C) groups is 1. The van der Waals surface area contributed by atoms with Crippen LogP contribution < -0.4 is 16.4 Å². The quantitative estimate of drug-likeness (QED) is 0.222. The average molecular weight is 554 g/mol. The maximum absolute atomic E-state index is 14.7. The number of anilines is 1. The van der Waals surface area contributed by atoms with E-state index >= 15 is 0 Å². The van der Waals surface area contributed by atoms with Crippen molar-refractivity contribution in [3.05, 3.63) is 107 Å². The van der Waals surface area contributed by atoms with E-state index in [0.717, 1.165) is 31.0 Å². The molecule has 1 atom stereocenters. The number of rotatable bonds is 9. The van der Waals surface area contributed by atoms with Gasteiger partial charge in [0.05, 0.1) is 23.4 Å². The molecular weight excluding hydrogens is 529 g/mol. The van der Waals surface area contributed by atoms with Crippen molar-refractivity contribution in [1.82, 2.24) is 5.32 Å². The van der Waals surface area contributed by atoms with Gasteiger partial charge >= 0.3 is 6.18 Å². The lowest BCUT2D eigenvalue weighted by molar-refractivity contribution is -0.110. The maximum Gasteiger partial charge on any atom is 0.430 e. The number of carbonyl (C=O) groups excluding carboxylic acids is 1. The van der Waals surface area contributed by atoms with Crippen molar-refractivity contribution in [3.8, 4) is 6.07 Å². The number of nitrogens with two attached hydrogens (primary N) is 1. The highest BCUT2D eigenvalue weighted by Gasteiger charge is 2.32. The SMILES string of the molecule is N#Cc1cccc(N=C(C=C(N)C(F)(F)F)C(=O)Nc2cccc(C(NCC3CC3)c3cc(F)ccc3F)c2)c1. The van der Waals surface area contributed by atoms with Crippen LogP contribution in [-0.4, -0.2) is 24.3 Å². The van der Waals surface area contributed by atoms with Gasteiger partial charge in [-0.1, -0.05) is 18.2 Å². The highest BCUT2D eigenvalue weighted by molar-refractivity contribution is 6.47. The molecule has 3 aromatic rings. The Morgan fingerprint density at radius 1 is 1.10 bits per heavy atom. The van der Waals surface area contributed by atoms with Crippen molar-refractivity contribution < 1.29 is 26.7 Å². The van der Waals surface area contributed by atoms with Crippen LogP contribution in [0.3, 0.4) is 0 Å². The molecule has 0 aliphatic heterocycles. The van der Waals surface area contributed by atoms with Crippen LogP contribution in [-0.2, 0) is 4.79 Å². The van der Waals surface area contributed by atoms with E-state index in [9.17, 15) is 26.7 Å². The normalized spacial score (nSPS) is 14.9. The van der Waals surface area contributed by atoms with Crippen LogP contribution in [0.4, 0.5) is 33.3 Å². The molecule has 0 aromatic heterocycles. The molecule has 0 heterocycles. The first-order valence-corrected chi connectivity index (χ1v) is 12.3. The smallest absolute Gasteiger partial charge is 0.395 e. The van der Waals surface area contributed by atoms with E-state index in [-0.39, 0.29) is 22.5 Å². The summed E-state index contributed by atoms with van der Waals surface area (Å²) < 4.78 is 68.2. The molecule has 1 fully saturated rings. The summed E-state index contributed by atoms with van der Waals surface area (Å²) in [5.41, 5.74) is 3.96. The Kier molecular flexibility index (Phi) is 8.60. The van der Waals surface area contributed by atoms with Gasteiger partial charge in [0.1, 0.15) is 23.0 Å². The zero-order valence-corrected chi connectivity index (χ0v) is 21.0. The first kappa shape index (κ1) is 28.4. The first-order chi connectivity index (χ1) is 19.0. The Morgan fingerprint density at radius 3 is 2.55 bits per heavy atom. The maximum atomic E-state index is 14.7. The fourth-order valence-electron chi connectivity index (χ4n) is 3.90. The van der Waals surface area contributed by atoms with Crippen LogP contribution in [0.5, 0.6) is 0 Å². The lowest BCUT2D eigenvalue weighted by Gasteiger charge is -2.21. The number of nitrogens with zero attached hydrogens (tertiary/aromatic N) is 2. The molecule has 1 amide bonds. The molecule has 206 valence electrons. The zero-order valence-electron chi connectivity index (χ0n) is 21.0. The Balaban J connectivity index is 1.66. The van der Waals surface area contributed by atoms with Gasteiger partial charge in [0.25, 0.3) is 5.91 Å². The Hall–Kier alpha value is -4.56. The van der Waals surface area contributed by atoms with Crippen LogP contribution in [0.2, 0.25) is 0 Å². The molecule has 4 N–H and O–H groups in total. The number of benzene rings is 3. The topological polar surface area (TPSA) is 103 Å². The molecule has 0 spiro atoms. The number of alkyl halides is 3. The number of amides is 1. The Bertz CT molecular complexity index is 1510. The molecule has 1 unspecified atom stereocenters. The molecule has 0 saturated heterocycles. The van der Waals surface area contributed by atoms with E-state index in [4.69, 9.17) is 11.0 Å². The largest absolute Gasteiger partial charge is 0.430 e. The predicted molar refractivity (Wildman–Crippen MR) is 141 cm³/mol. The van der Waals surface area contributed by atoms with E-state index in [1.54, 1.807) is 12.1 Å². The van der Waals surface area contributed by atoms with Gasteiger partial charge in [-0.3, -0.25) is 4.79 Å². The lowest BCUT2D eigenvalue weighted by Crippen LogP contribution is -2.27. The second-order valence-corrected chi connectivity index (χ2v) is 9.29. The summed E-state index contributed by atoms with van der Waals surface area (Å²) in [6.07, 6.45) is -2.46. The third kappa shape index (κ3) is 7.51. The second kappa shape index (κ2) is 12.1. The lowest BCUT2D eigenvalue weighted by atomic mass is 9.97. The van der Waals surface area contributed by atoms with E-state index in [1.807, 2.05) is 6.07 Å². The molecule has 11 heteroatoms. The summed E-state index contributed by atoms with van der Waals surface area (Å²) in [5, 5.41) is 14.9. The van der Waals surface area contributed by atoms with Gasteiger partial charge in [-0.05, 0) is 85.5 Å². The van der Waals surface area contributed by atoms with Crippen LogP contribution in [0.15, 0.2) is 83.5 Å². The number of allylic oxidation sites excluding steroid dienone is 1. The fourth-order valence-corrected chi connectivity index (χ4v) is 3.90. The summed E-state index contributed by atoms with van der Waals surface area (Å²) in [6.45, 7) is 0.567. The van der Waals surface area contributed by atoms with Crippen molar-refractivity contribution in [1.29, 1.82) is 5.26 Å². The summed E-state index contributed by atoms with van der Waals surface area (Å²) in [5.74, 6) is -1.82. The number of hydrogen-bond donors (Lipinski definition) is 3. The molecule has 1 aliphatic carbocycles. The third-order valence-corrected chi connectivity index (χ3v) is 6.13. The highest BCUT2D eigenvalue weighted by atomic mass is 19.4. The van der Waals surface area contributed by atoms with Gasteiger partial charge < -0.3 is 16.4 Å². The average Bonchev–Trinajstić information content (AvgIpc) is 3.74. The number of nitriles is 1. The van der Waals surface area contributed by atoms with Gasteiger partial charge in [-0.15, -0.1) is 0 Å². The number of nitrogens with one attached hydrogen (secondary N) is 2. The predicted octanol–water partition coefficient (Wildman–Crippen LogP) is 6.04. The van der Waals surface area contributed by atoms with Gasteiger partial charge in [0.2, 0.25) is 0 Å². The zero-order chi connectivity index (χ0) is 28.9. The minimum atomic E-state index is -4.91. The number of carbonyl (C=O) groups is 1. The van der Waals surface area contributed by atoms with Crippen molar-refractivity contribution in [2.75, 3.05) is 11.9 Å². The van der Waals surface area contributed by atoms with Gasteiger partial charge in [-0.25, -0.2) is 13.8 Å². The number of hydrogen-bond acceptors (Lipinski definition) is 5. The summed E-state index contributed by atoms with van der Waals surface area (Å²) in [6, 6.07) is 16.2. The minimum Gasteiger partial charge on any atom is -0.395 e. The minimum absolute atomic E-state index is 0.0649. The summed E-state index contributed by atoms with van der Waals surface area (Å²) in [4.78, 5) is 17.1. The van der Waals surface area contributed by atoms with Crippen LogP contribution in [0.25, 0.3) is 0 Å². The molecule has 1 saturated carbocycles. The monoisotopic (exact) mass is 553 g/mol. The van der Waals surface area contributed by atoms with E-state index in [0.29, 0.717) is 24.1 Å². The fraction of sp³-hybridized carbons (Fsp3) is 0.207. The molecule has 4 rings (SSSR count). The van der Waals surface area contributed by atoms with E-state index < -0.39 is 41.2 Å². The van der Waals surface area contributed by atoms with Gasteiger partial charge in [0, 0.05) is 11.3 Å². The number of halogens is 5. The molecule has 1 aliphatic rings. The third-order valence-electron chi connectivity index (χ3n) is 6.13. The Morgan fingerprint density at radius 2 is 1.85 bits per heavy atom. The van der Waals surface area contributed by atoms with Crippen LogP contribution in [0, 0.1) is 28.9 Å². The molecule has 3 aromatic carbocycles. The van der Waals surface area contributed by atoms with Crippen molar-refractivity contribution in [2.45, 2.75) is 25.1 Å². The standard InChI is InChI=1S/C29H24F5N5O/c30-20-9-10-24(31)23(13-20)27(37-16-17-7-8-17)19-4-2-6-22(12-19)39-28(40)25(14-26(36)29(32,33)34)38-21-5-1-3-18(11-21)15-35/h1-6,9-14,17,27,37H,7-8,16,36H2,(H,39,40). The molecule has 6 nitrogen and oxygen atoms in total. The Labute approximate surface area is 227 Å².